The van der Waals surface area contributed by atoms with E-state index in [0.29, 0.717) is 38.5 Å². The van der Waals surface area contributed by atoms with E-state index in [-0.39, 0.29) is 17.2 Å². The second kappa shape index (κ2) is 10.3. The molecule has 1 aliphatic rings. The molecule has 8 nitrogen and oxygen atoms in total. The molecule has 30 heavy (non-hydrogen) atoms. The highest BCUT2D eigenvalue weighted by Crippen LogP contribution is 2.18. The van der Waals surface area contributed by atoms with Gasteiger partial charge in [0.1, 0.15) is 5.75 Å². The van der Waals surface area contributed by atoms with Gasteiger partial charge in [0.05, 0.1) is 31.4 Å². The first-order valence-electron chi connectivity index (χ1n) is 9.62. The van der Waals surface area contributed by atoms with Crippen LogP contribution in [-0.2, 0) is 26.0 Å². The molecule has 1 fully saturated rings. The van der Waals surface area contributed by atoms with Gasteiger partial charge in [-0.25, -0.2) is 13.8 Å². The molecule has 0 atom stereocenters. The van der Waals surface area contributed by atoms with E-state index < -0.39 is 10.0 Å². The van der Waals surface area contributed by atoms with Gasteiger partial charge in [-0.05, 0) is 41.8 Å². The molecule has 0 aromatic heterocycles. The van der Waals surface area contributed by atoms with Crippen LogP contribution in [0, 0.1) is 0 Å². The maximum absolute atomic E-state index is 12.6. The van der Waals surface area contributed by atoms with Crippen molar-refractivity contribution in [3.8, 4) is 5.75 Å². The highest BCUT2D eigenvalue weighted by Gasteiger charge is 2.26. The van der Waals surface area contributed by atoms with Crippen molar-refractivity contribution in [2.45, 2.75) is 17.7 Å². The molecule has 0 bridgehead atoms. The summed E-state index contributed by atoms with van der Waals surface area (Å²) >= 11 is 0. The Morgan fingerprint density at radius 2 is 1.93 bits per heavy atom. The third-order valence-electron chi connectivity index (χ3n) is 4.67. The topological polar surface area (TPSA) is 97.3 Å². The summed E-state index contributed by atoms with van der Waals surface area (Å²) < 4.78 is 37.0. The molecule has 0 spiro atoms. The molecule has 160 valence electrons. The summed E-state index contributed by atoms with van der Waals surface area (Å²) in [6.07, 6.45) is 2.27. The first kappa shape index (κ1) is 21.9. The van der Waals surface area contributed by atoms with E-state index >= 15 is 0 Å². The van der Waals surface area contributed by atoms with Crippen molar-refractivity contribution in [1.82, 2.24) is 9.73 Å². The van der Waals surface area contributed by atoms with Crippen LogP contribution in [-0.4, -0.2) is 58.3 Å². The molecule has 2 aromatic rings. The minimum absolute atomic E-state index is 0.223. The van der Waals surface area contributed by atoms with Gasteiger partial charge in [0, 0.05) is 19.5 Å². The minimum atomic E-state index is -3.51. The number of hydrogen-bond acceptors (Lipinski definition) is 6. The summed E-state index contributed by atoms with van der Waals surface area (Å²) in [5.41, 5.74) is 4.18. The molecule has 1 heterocycles. The first-order valence-corrected chi connectivity index (χ1v) is 11.1. The Bertz CT molecular complexity index is 984. The molecule has 0 aliphatic carbocycles. The van der Waals surface area contributed by atoms with Crippen molar-refractivity contribution in [2.75, 3.05) is 33.4 Å². The van der Waals surface area contributed by atoms with Gasteiger partial charge in [0.2, 0.25) is 15.9 Å². The average molecular weight is 432 g/mol. The number of rotatable bonds is 8. The van der Waals surface area contributed by atoms with Crippen LogP contribution in [0.3, 0.4) is 0 Å². The van der Waals surface area contributed by atoms with E-state index in [1.165, 1.54) is 4.31 Å². The van der Waals surface area contributed by atoms with Crippen molar-refractivity contribution in [3.05, 3.63) is 59.7 Å². The fraction of sp³-hybridized carbons (Fsp3) is 0.333. The minimum Gasteiger partial charge on any atom is -0.497 e. The monoisotopic (exact) mass is 431 g/mol. The third-order valence-corrected chi connectivity index (χ3v) is 6.58. The number of morpholine rings is 1. The van der Waals surface area contributed by atoms with E-state index in [2.05, 4.69) is 10.5 Å². The lowest BCUT2D eigenvalue weighted by molar-refractivity contribution is -0.121. The number of amides is 1. The number of methoxy groups -OCH3 is 1. The van der Waals surface area contributed by atoms with E-state index in [4.69, 9.17) is 9.47 Å². The molecular weight excluding hydrogens is 406 g/mol. The van der Waals surface area contributed by atoms with Gasteiger partial charge < -0.3 is 9.47 Å². The highest BCUT2D eigenvalue weighted by atomic mass is 32.2. The number of nitrogens with one attached hydrogen (secondary N) is 1. The maximum atomic E-state index is 12.6. The Morgan fingerprint density at radius 1 is 1.20 bits per heavy atom. The standard InChI is InChI=1S/C21H25N3O5S/c1-28-19-4-2-3-18(15-19)16-22-23-21(25)10-7-17-5-8-20(9-6-17)30(26,27)24-11-13-29-14-12-24/h2-6,8-9,15-16H,7,10-14H2,1H3,(H,23,25)/b22-16+. The van der Waals surface area contributed by atoms with Crippen molar-refractivity contribution in [2.24, 2.45) is 5.10 Å². The van der Waals surface area contributed by atoms with E-state index in [0.717, 1.165) is 11.1 Å². The van der Waals surface area contributed by atoms with Crippen LogP contribution < -0.4 is 10.2 Å². The Labute approximate surface area is 176 Å². The van der Waals surface area contributed by atoms with Crippen LogP contribution in [0.25, 0.3) is 0 Å². The van der Waals surface area contributed by atoms with Crippen LogP contribution in [0.4, 0.5) is 0 Å². The number of ether oxygens (including phenoxy) is 2. The van der Waals surface area contributed by atoms with E-state index in [9.17, 15) is 13.2 Å². The second-order valence-electron chi connectivity index (χ2n) is 6.73. The molecule has 1 amide bonds. The van der Waals surface area contributed by atoms with Crippen molar-refractivity contribution in [3.63, 3.8) is 0 Å². The van der Waals surface area contributed by atoms with Crippen LogP contribution in [0.5, 0.6) is 5.75 Å². The lowest BCUT2D eigenvalue weighted by atomic mass is 10.1. The van der Waals surface area contributed by atoms with Crippen molar-refractivity contribution in [1.29, 1.82) is 0 Å². The van der Waals surface area contributed by atoms with Crippen LogP contribution in [0.15, 0.2) is 58.5 Å². The van der Waals surface area contributed by atoms with Gasteiger partial charge in [-0.1, -0.05) is 24.3 Å². The number of carbonyl (C=O) groups excluding carboxylic acids is 1. The average Bonchev–Trinajstić information content (AvgIpc) is 2.79. The summed E-state index contributed by atoms with van der Waals surface area (Å²) in [6, 6.07) is 14.0. The first-order chi connectivity index (χ1) is 14.5. The van der Waals surface area contributed by atoms with Crippen LogP contribution in [0.2, 0.25) is 0 Å². The second-order valence-corrected chi connectivity index (χ2v) is 8.67. The zero-order chi connectivity index (χ0) is 21.4. The molecular formula is C21H25N3O5S. The molecule has 1 aliphatic heterocycles. The normalized spacial score (nSPS) is 15.2. The predicted molar refractivity (Wildman–Crippen MR) is 113 cm³/mol. The number of sulfonamides is 1. The van der Waals surface area contributed by atoms with E-state index in [1.807, 2.05) is 24.3 Å². The van der Waals surface area contributed by atoms with E-state index in [1.54, 1.807) is 37.6 Å². The quantitative estimate of drug-likeness (QED) is 0.508. The number of nitrogens with zero attached hydrogens (tertiary/aromatic N) is 2. The Kier molecular flexibility index (Phi) is 7.56. The molecule has 9 heteroatoms. The molecule has 2 aromatic carbocycles. The van der Waals surface area contributed by atoms with Gasteiger partial charge in [-0.3, -0.25) is 4.79 Å². The highest BCUT2D eigenvalue weighted by molar-refractivity contribution is 7.89. The Morgan fingerprint density at radius 3 is 2.63 bits per heavy atom. The fourth-order valence-electron chi connectivity index (χ4n) is 2.98. The molecule has 0 unspecified atom stereocenters. The van der Waals surface area contributed by atoms with Crippen molar-refractivity contribution < 1.29 is 22.7 Å². The summed E-state index contributed by atoms with van der Waals surface area (Å²) in [6.45, 7) is 1.54. The Hall–Kier alpha value is -2.75. The summed E-state index contributed by atoms with van der Waals surface area (Å²) in [5.74, 6) is 0.489. The summed E-state index contributed by atoms with van der Waals surface area (Å²) in [5, 5.41) is 3.95. The van der Waals surface area contributed by atoms with Crippen molar-refractivity contribution >= 4 is 22.1 Å². The van der Waals surface area contributed by atoms with Gasteiger partial charge in [0.25, 0.3) is 0 Å². The van der Waals surface area contributed by atoms with Gasteiger partial charge in [-0.2, -0.15) is 9.41 Å². The number of carbonyl (C=O) groups is 1. The molecule has 3 rings (SSSR count). The van der Waals surface area contributed by atoms with Crippen LogP contribution >= 0.6 is 0 Å². The van der Waals surface area contributed by atoms with Gasteiger partial charge in [-0.15, -0.1) is 0 Å². The largest absolute Gasteiger partial charge is 0.497 e. The summed E-state index contributed by atoms with van der Waals surface area (Å²) in [4.78, 5) is 12.2. The zero-order valence-corrected chi connectivity index (χ0v) is 17.6. The van der Waals surface area contributed by atoms with Gasteiger partial charge in [0.15, 0.2) is 0 Å². The van der Waals surface area contributed by atoms with Crippen LogP contribution in [0.1, 0.15) is 17.5 Å². The molecule has 0 saturated carbocycles. The smallest absolute Gasteiger partial charge is 0.243 e. The lowest BCUT2D eigenvalue weighted by Crippen LogP contribution is -2.40. The lowest BCUT2D eigenvalue weighted by Gasteiger charge is -2.26. The number of hydrazone groups is 1. The molecule has 0 radical (unpaired) electrons. The number of hydrogen-bond donors (Lipinski definition) is 1. The SMILES string of the molecule is COc1cccc(/C=N/NC(=O)CCc2ccc(S(=O)(=O)N3CCOCC3)cc2)c1. The summed E-state index contributed by atoms with van der Waals surface area (Å²) in [7, 11) is -1.92. The third kappa shape index (κ3) is 5.88. The zero-order valence-electron chi connectivity index (χ0n) is 16.8. The van der Waals surface area contributed by atoms with Gasteiger partial charge >= 0.3 is 0 Å². The predicted octanol–water partition coefficient (Wildman–Crippen LogP) is 1.80. The number of aryl methyl sites for hydroxylation is 1. The molecule has 1 N–H and O–H groups in total. The number of benzene rings is 2. The Balaban J connectivity index is 1.49. The molecule has 1 saturated heterocycles. The fourth-order valence-corrected chi connectivity index (χ4v) is 4.39. The maximum Gasteiger partial charge on any atom is 0.243 e.